The molecule has 2 aromatic heterocycles. The molecule has 1 saturated carbocycles. The van der Waals surface area contributed by atoms with E-state index in [0.717, 1.165) is 31.5 Å². The number of amides is 3. The van der Waals surface area contributed by atoms with Gasteiger partial charge >= 0.3 is 6.03 Å². The minimum absolute atomic E-state index is 0.157. The lowest BCUT2D eigenvalue weighted by Gasteiger charge is -2.29. The topological polar surface area (TPSA) is 129 Å². The Bertz CT molecular complexity index is 1320. The van der Waals surface area contributed by atoms with Crippen LogP contribution in [0.25, 0.3) is 11.7 Å². The first kappa shape index (κ1) is 21.4. The van der Waals surface area contributed by atoms with Gasteiger partial charge in [-0.1, -0.05) is 12.1 Å². The van der Waals surface area contributed by atoms with Crippen LogP contribution in [0.15, 0.2) is 36.2 Å². The highest BCUT2D eigenvalue weighted by atomic mass is 16.2. The summed E-state index contributed by atoms with van der Waals surface area (Å²) in [7, 11) is 0. The minimum Gasteiger partial charge on any atom is -0.372 e. The highest BCUT2D eigenvalue weighted by Gasteiger charge is 2.26. The number of piperidine rings is 1. The third-order valence-electron chi connectivity index (χ3n) is 6.41. The first-order valence-corrected chi connectivity index (χ1v) is 12.1. The van der Waals surface area contributed by atoms with Crippen molar-refractivity contribution in [3.05, 3.63) is 47.3 Å². The zero-order chi connectivity index (χ0) is 23.8. The smallest absolute Gasteiger partial charge is 0.326 e. The summed E-state index contributed by atoms with van der Waals surface area (Å²) < 4.78 is 1.63. The number of hydrogen-bond acceptors (Lipinski definition) is 8. The van der Waals surface area contributed by atoms with Crippen molar-refractivity contribution in [1.29, 1.82) is 0 Å². The van der Waals surface area contributed by atoms with Crippen molar-refractivity contribution in [2.45, 2.75) is 44.7 Å². The number of nitrogens with one attached hydrogen (secondary N) is 4. The van der Waals surface area contributed by atoms with Gasteiger partial charge in [-0.25, -0.2) is 4.79 Å². The molecule has 180 valence electrons. The second-order valence-corrected chi connectivity index (χ2v) is 9.16. The summed E-state index contributed by atoms with van der Waals surface area (Å²) >= 11 is 0. The van der Waals surface area contributed by atoms with Crippen LogP contribution in [-0.2, 0) is 11.3 Å². The standard InChI is InChI=1S/C24H27N9O2/c34-21-19(28-24(35)30-21)12-16-14-26-33-20(16)29-22(31-23(33)27-17-7-8-17)25-13-15-5-4-6-18(11-15)32-9-2-1-3-10-32/h4-6,11-12,14,17H,1-3,7-10,13H2,(H2,25,27,29,31)(H2,28,30,34,35)/b19-12-. The van der Waals surface area contributed by atoms with Gasteiger partial charge in [-0.3, -0.25) is 10.1 Å². The van der Waals surface area contributed by atoms with Crippen LogP contribution >= 0.6 is 0 Å². The zero-order valence-corrected chi connectivity index (χ0v) is 19.3. The highest BCUT2D eigenvalue weighted by Crippen LogP contribution is 2.26. The van der Waals surface area contributed by atoms with E-state index in [1.54, 1.807) is 16.8 Å². The number of aromatic nitrogens is 4. The molecule has 0 atom stereocenters. The molecule has 3 aromatic rings. The van der Waals surface area contributed by atoms with Gasteiger partial charge in [0, 0.05) is 36.9 Å². The first-order chi connectivity index (χ1) is 17.1. The number of fused-ring (bicyclic) bond motifs is 1. The van der Waals surface area contributed by atoms with E-state index >= 15 is 0 Å². The van der Waals surface area contributed by atoms with E-state index < -0.39 is 11.9 Å². The SMILES string of the molecule is O=C1NC(=O)/C(=C/c2cnn3c(NC4CC4)nc(NCc4cccc(N5CCCCC5)c4)nc23)N1. The van der Waals surface area contributed by atoms with Crippen LogP contribution in [0.5, 0.6) is 0 Å². The van der Waals surface area contributed by atoms with Crippen molar-refractivity contribution in [2.75, 3.05) is 28.6 Å². The van der Waals surface area contributed by atoms with E-state index in [9.17, 15) is 9.59 Å². The van der Waals surface area contributed by atoms with Crippen molar-refractivity contribution in [3.8, 4) is 0 Å². The van der Waals surface area contributed by atoms with E-state index in [4.69, 9.17) is 0 Å². The van der Waals surface area contributed by atoms with Crippen LogP contribution in [-0.4, -0.2) is 50.7 Å². The quantitative estimate of drug-likeness (QED) is 0.304. The molecule has 0 radical (unpaired) electrons. The highest BCUT2D eigenvalue weighted by molar-refractivity contribution is 6.14. The Hall–Kier alpha value is -4.15. The molecule has 0 bridgehead atoms. The molecule has 3 aliphatic rings. The van der Waals surface area contributed by atoms with Crippen molar-refractivity contribution >= 4 is 41.2 Å². The molecule has 2 saturated heterocycles. The minimum atomic E-state index is -0.544. The van der Waals surface area contributed by atoms with Crippen LogP contribution in [0.1, 0.15) is 43.2 Å². The van der Waals surface area contributed by atoms with Gasteiger partial charge in [-0.2, -0.15) is 19.6 Å². The Morgan fingerprint density at radius 2 is 1.94 bits per heavy atom. The Labute approximate surface area is 202 Å². The molecule has 3 fully saturated rings. The van der Waals surface area contributed by atoms with E-state index in [0.29, 0.717) is 35.7 Å². The van der Waals surface area contributed by atoms with Crippen LogP contribution in [0.3, 0.4) is 0 Å². The van der Waals surface area contributed by atoms with E-state index in [-0.39, 0.29) is 5.70 Å². The molecular formula is C24H27N9O2. The predicted molar refractivity (Wildman–Crippen MR) is 132 cm³/mol. The Kier molecular flexibility index (Phi) is 5.44. The summed E-state index contributed by atoms with van der Waals surface area (Å²) in [5, 5.41) is 15.9. The largest absolute Gasteiger partial charge is 0.372 e. The fourth-order valence-corrected chi connectivity index (χ4v) is 4.41. The number of nitrogens with zero attached hydrogens (tertiary/aromatic N) is 5. The molecule has 0 unspecified atom stereocenters. The molecule has 3 amide bonds. The maximum Gasteiger partial charge on any atom is 0.326 e. The van der Waals surface area contributed by atoms with Gasteiger partial charge in [-0.15, -0.1) is 0 Å². The maximum atomic E-state index is 12.0. The molecule has 1 aromatic carbocycles. The summed E-state index contributed by atoms with van der Waals surface area (Å²) in [4.78, 5) is 35.3. The van der Waals surface area contributed by atoms with Gasteiger partial charge in [0.15, 0.2) is 5.65 Å². The summed E-state index contributed by atoms with van der Waals surface area (Å²) in [5.74, 6) is 0.572. The van der Waals surface area contributed by atoms with Gasteiger partial charge in [0.25, 0.3) is 5.91 Å². The summed E-state index contributed by atoms with van der Waals surface area (Å²) in [6.07, 6.45) is 9.13. The Morgan fingerprint density at radius 1 is 1.09 bits per heavy atom. The van der Waals surface area contributed by atoms with Crippen molar-refractivity contribution in [2.24, 2.45) is 0 Å². The van der Waals surface area contributed by atoms with Gasteiger partial charge in [0.2, 0.25) is 11.9 Å². The normalized spacial score (nSPS) is 19.2. The van der Waals surface area contributed by atoms with E-state index in [1.165, 1.54) is 24.9 Å². The molecule has 6 rings (SSSR count). The lowest BCUT2D eigenvalue weighted by atomic mass is 10.1. The predicted octanol–water partition coefficient (Wildman–Crippen LogP) is 2.48. The molecule has 11 nitrogen and oxygen atoms in total. The molecular weight excluding hydrogens is 446 g/mol. The summed E-state index contributed by atoms with van der Waals surface area (Å²) in [6, 6.07) is 8.40. The molecule has 4 heterocycles. The number of imide groups is 1. The fraction of sp³-hybridized carbons (Fsp3) is 0.375. The van der Waals surface area contributed by atoms with E-state index in [1.807, 2.05) is 0 Å². The third kappa shape index (κ3) is 4.61. The lowest BCUT2D eigenvalue weighted by molar-refractivity contribution is -0.115. The Morgan fingerprint density at radius 3 is 2.71 bits per heavy atom. The second-order valence-electron chi connectivity index (χ2n) is 9.16. The average molecular weight is 474 g/mol. The third-order valence-corrected chi connectivity index (χ3v) is 6.41. The Balaban J connectivity index is 1.27. The number of anilines is 3. The number of hydrogen-bond donors (Lipinski definition) is 4. The van der Waals surface area contributed by atoms with Gasteiger partial charge in [0.05, 0.1) is 6.20 Å². The number of benzene rings is 1. The van der Waals surface area contributed by atoms with Crippen LogP contribution in [0.4, 0.5) is 22.4 Å². The molecule has 35 heavy (non-hydrogen) atoms. The molecule has 1 aliphatic carbocycles. The molecule has 11 heteroatoms. The van der Waals surface area contributed by atoms with Gasteiger partial charge < -0.3 is 20.9 Å². The van der Waals surface area contributed by atoms with Crippen molar-refractivity contribution < 1.29 is 9.59 Å². The summed E-state index contributed by atoms with van der Waals surface area (Å²) in [5.41, 5.74) is 3.69. The van der Waals surface area contributed by atoms with E-state index in [2.05, 4.69) is 65.5 Å². The lowest BCUT2D eigenvalue weighted by Crippen LogP contribution is -2.29. The van der Waals surface area contributed by atoms with Crippen LogP contribution in [0.2, 0.25) is 0 Å². The first-order valence-electron chi connectivity index (χ1n) is 12.1. The maximum absolute atomic E-state index is 12.0. The number of carbonyl (C=O) groups is 2. The second kappa shape index (κ2) is 8.90. The number of rotatable bonds is 7. The number of carbonyl (C=O) groups excluding carboxylic acids is 2. The van der Waals surface area contributed by atoms with Crippen LogP contribution < -0.4 is 26.2 Å². The monoisotopic (exact) mass is 473 g/mol. The van der Waals surface area contributed by atoms with Crippen molar-refractivity contribution in [1.82, 2.24) is 30.2 Å². The average Bonchev–Trinajstić information content (AvgIpc) is 3.51. The summed E-state index contributed by atoms with van der Waals surface area (Å²) in [6.45, 7) is 2.78. The molecule has 0 spiro atoms. The van der Waals surface area contributed by atoms with Crippen LogP contribution in [0, 0.1) is 0 Å². The fourth-order valence-electron chi connectivity index (χ4n) is 4.41. The molecule has 2 aliphatic heterocycles. The number of urea groups is 1. The van der Waals surface area contributed by atoms with Gasteiger partial charge in [-0.05, 0) is 55.9 Å². The molecule has 4 N–H and O–H groups in total. The zero-order valence-electron chi connectivity index (χ0n) is 19.3. The van der Waals surface area contributed by atoms with Gasteiger partial charge in [0.1, 0.15) is 5.70 Å². The van der Waals surface area contributed by atoms with Crippen molar-refractivity contribution in [3.63, 3.8) is 0 Å².